The van der Waals surface area contributed by atoms with Crippen molar-refractivity contribution >= 4 is 11.3 Å². The largest absolute Gasteiger partial charge is 0.271 e. The highest BCUT2D eigenvalue weighted by Gasteiger charge is 2.28. The first-order chi connectivity index (χ1) is 8.24. The first kappa shape index (κ1) is 13.1. The van der Waals surface area contributed by atoms with E-state index in [1.54, 1.807) is 0 Å². The van der Waals surface area contributed by atoms with Gasteiger partial charge in [-0.2, -0.15) is 0 Å². The number of thiophene rings is 1. The van der Waals surface area contributed by atoms with Gasteiger partial charge in [0.1, 0.15) is 0 Å². The van der Waals surface area contributed by atoms with Crippen LogP contribution < -0.4 is 11.3 Å². The summed E-state index contributed by atoms with van der Waals surface area (Å²) < 4.78 is 0. The van der Waals surface area contributed by atoms with Crippen molar-refractivity contribution in [2.75, 3.05) is 0 Å². The Kier molecular flexibility index (Phi) is 4.60. The number of aryl methyl sites for hydroxylation is 1. The number of hydrogen-bond donors (Lipinski definition) is 2. The van der Waals surface area contributed by atoms with Crippen LogP contribution in [-0.4, -0.2) is 0 Å². The van der Waals surface area contributed by atoms with E-state index >= 15 is 0 Å². The van der Waals surface area contributed by atoms with Crippen LogP contribution in [0.4, 0.5) is 0 Å². The van der Waals surface area contributed by atoms with E-state index in [1.165, 1.54) is 41.9 Å². The number of nitrogens with two attached hydrogens (primary N) is 1. The molecule has 1 fully saturated rings. The zero-order valence-electron chi connectivity index (χ0n) is 10.9. The minimum Gasteiger partial charge on any atom is -0.271 e. The molecule has 1 aromatic rings. The summed E-state index contributed by atoms with van der Waals surface area (Å²) in [6, 6.07) is 4.80. The molecule has 1 saturated carbocycles. The maximum Gasteiger partial charge on any atom is 0.0581 e. The van der Waals surface area contributed by atoms with Crippen LogP contribution in [0.15, 0.2) is 12.1 Å². The van der Waals surface area contributed by atoms with Crippen molar-refractivity contribution in [3.8, 4) is 0 Å². The van der Waals surface area contributed by atoms with Crippen LogP contribution in [0.5, 0.6) is 0 Å². The van der Waals surface area contributed by atoms with Gasteiger partial charge in [0, 0.05) is 9.75 Å². The molecule has 0 amide bonds. The Morgan fingerprint density at radius 2 is 2.29 bits per heavy atom. The lowest BCUT2D eigenvalue weighted by Gasteiger charge is -2.33. The minimum absolute atomic E-state index is 0.364. The van der Waals surface area contributed by atoms with Gasteiger partial charge in [0.25, 0.3) is 0 Å². The fraction of sp³-hybridized carbons (Fsp3) is 0.714. The molecule has 17 heavy (non-hydrogen) atoms. The molecule has 3 N–H and O–H groups in total. The van der Waals surface area contributed by atoms with Crippen LogP contribution in [0.1, 0.15) is 54.8 Å². The average Bonchev–Trinajstić information content (AvgIpc) is 2.77. The van der Waals surface area contributed by atoms with Gasteiger partial charge in [-0.25, -0.2) is 0 Å². The fourth-order valence-electron chi connectivity index (χ4n) is 3.08. The number of nitrogens with one attached hydrogen (secondary N) is 1. The van der Waals surface area contributed by atoms with E-state index in [0.29, 0.717) is 6.04 Å². The summed E-state index contributed by atoms with van der Waals surface area (Å²) in [5.41, 5.74) is 3.06. The Bertz CT molecular complexity index is 348. The van der Waals surface area contributed by atoms with Gasteiger partial charge in [-0.15, -0.1) is 11.3 Å². The van der Waals surface area contributed by atoms with Gasteiger partial charge in [0.2, 0.25) is 0 Å². The molecule has 0 aromatic carbocycles. The molecular weight excluding hydrogens is 228 g/mol. The highest BCUT2D eigenvalue weighted by molar-refractivity contribution is 7.12. The summed E-state index contributed by atoms with van der Waals surface area (Å²) in [6.07, 6.45) is 6.75. The van der Waals surface area contributed by atoms with Crippen molar-refractivity contribution in [2.45, 2.75) is 52.0 Å². The smallest absolute Gasteiger partial charge is 0.0581 e. The second-order valence-electron chi connectivity index (χ2n) is 5.29. The maximum absolute atomic E-state index is 5.79. The molecule has 3 unspecified atom stereocenters. The third-order valence-corrected chi connectivity index (χ3v) is 5.20. The lowest BCUT2D eigenvalue weighted by atomic mass is 9.76. The Balaban J connectivity index is 2.07. The number of rotatable bonds is 4. The first-order valence-corrected chi connectivity index (χ1v) is 7.58. The predicted molar refractivity (Wildman–Crippen MR) is 74.9 cm³/mol. The fourth-order valence-corrected chi connectivity index (χ4v) is 4.11. The lowest BCUT2D eigenvalue weighted by Crippen LogP contribution is -2.35. The maximum atomic E-state index is 5.79. The predicted octanol–water partition coefficient (Wildman–Crippen LogP) is 3.78. The quantitative estimate of drug-likeness (QED) is 0.632. The Hall–Kier alpha value is -0.380. The Morgan fingerprint density at radius 1 is 1.47 bits per heavy atom. The molecule has 1 aliphatic carbocycles. The minimum atomic E-state index is 0.364. The average molecular weight is 252 g/mol. The topological polar surface area (TPSA) is 38.0 Å². The van der Waals surface area contributed by atoms with E-state index < -0.39 is 0 Å². The molecule has 96 valence electrons. The standard InChI is InChI=1S/C14H24N2S/c1-3-11-5-4-6-12(9-11)14(16-15)13-8-7-10(2)17-13/h7-8,11-12,14,16H,3-6,9,15H2,1-2H3. The Morgan fingerprint density at radius 3 is 2.88 bits per heavy atom. The van der Waals surface area contributed by atoms with E-state index in [1.807, 2.05) is 11.3 Å². The van der Waals surface area contributed by atoms with Gasteiger partial charge in [-0.3, -0.25) is 11.3 Å². The molecule has 1 heterocycles. The van der Waals surface area contributed by atoms with Crippen molar-refractivity contribution in [3.63, 3.8) is 0 Å². The van der Waals surface area contributed by atoms with E-state index in [9.17, 15) is 0 Å². The summed E-state index contributed by atoms with van der Waals surface area (Å²) in [5.74, 6) is 7.42. The van der Waals surface area contributed by atoms with Gasteiger partial charge in [-0.05, 0) is 43.7 Å². The number of hydrazine groups is 1. The van der Waals surface area contributed by atoms with Crippen molar-refractivity contribution < 1.29 is 0 Å². The molecule has 0 bridgehead atoms. The molecule has 3 heteroatoms. The van der Waals surface area contributed by atoms with Crippen molar-refractivity contribution in [1.29, 1.82) is 0 Å². The summed E-state index contributed by atoms with van der Waals surface area (Å²) in [7, 11) is 0. The van der Waals surface area contributed by atoms with Gasteiger partial charge in [0.05, 0.1) is 6.04 Å². The van der Waals surface area contributed by atoms with Gasteiger partial charge in [0.15, 0.2) is 0 Å². The summed E-state index contributed by atoms with van der Waals surface area (Å²) >= 11 is 1.88. The SMILES string of the molecule is CCC1CCCC(C(NN)c2ccc(C)s2)C1. The molecule has 0 spiro atoms. The molecule has 1 aliphatic rings. The molecule has 2 nitrogen and oxygen atoms in total. The molecule has 2 rings (SSSR count). The second-order valence-corrected chi connectivity index (χ2v) is 6.61. The normalized spacial score (nSPS) is 27.0. The summed E-state index contributed by atoms with van der Waals surface area (Å²) in [4.78, 5) is 2.79. The zero-order chi connectivity index (χ0) is 12.3. The Labute approximate surface area is 109 Å². The zero-order valence-corrected chi connectivity index (χ0v) is 11.7. The molecule has 0 aliphatic heterocycles. The van der Waals surface area contributed by atoms with Crippen LogP contribution in [0.25, 0.3) is 0 Å². The van der Waals surface area contributed by atoms with Crippen molar-refractivity contribution in [2.24, 2.45) is 17.7 Å². The highest BCUT2D eigenvalue weighted by atomic mass is 32.1. The molecular formula is C14H24N2S. The third kappa shape index (κ3) is 3.09. The monoisotopic (exact) mass is 252 g/mol. The molecule has 0 saturated heterocycles. The van der Waals surface area contributed by atoms with E-state index in [-0.39, 0.29) is 0 Å². The van der Waals surface area contributed by atoms with Crippen LogP contribution >= 0.6 is 11.3 Å². The van der Waals surface area contributed by atoms with Crippen LogP contribution in [0.2, 0.25) is 0 Å². The molecule has 0 radical (unpaired) electrons. The second kappa shape index (κ2) is 5.98. The van der Waals surface area contributed by atoms with E-state index in [4.69, 9.17) is 5.84 Å². The number of hydrogen-bond acceptors (Lipinski definition) is 3. The summed E-state index contributed by atoms with van der Waals surface area (Å²) in [6.45, 7) is 4.48. The van der Waals surface area contributed by atoms with Crippen LogP contribution in [0, 0.1) is 18.8 Å². The van der Waals surface area contributed by atoms with Gasteiger partial charge < -0.3 is 0 Å². The van der Waals surface area contributed by atoms with Crippen molar-refractivity contribution in [1.82, 2.24) is 5.43 Å². The van der Waals surface area contributed by atoms with E-state index in [2.05, 4.69) is 31.4 Å². The molecule has 3 atom stereocenters. The highest BCUT2D eigenvalue weighted by Crippen LogP contribution is 2.39. The van der Waals surface area contributed by atoms with E-state index in [0.717, 1.165) is 11.8 Å². The summed E-state index contributed by atoms with van der Waals surface area (Å²) in [5, 5.41) is 0. The van der Waals surface area contributed by atoms with Gasteiger partial charge in [-0.1, -0.05) is 26.2 Å². The lowest BCUT2D eigenvalue weighted by molar-refractivity contribution is 0.212. The van der Waals surface area contributed by atoms with Gasteiger partial charge >= 0.3 is 0 Å². The van der Waals surface area contributed by atoms with Crippen molar-refractivity contribution in [3.05, 3.63) is 21.9 Å². The van der Waals surface area contributed by atoms with Crippen LogP contribution in [0.3, 0.4) is 0 Å². The molecule has 1 aromatic heterocycles. The third-order valence-electron chi connectivity index (χ3n) is 4.12. The first-order valence-electron chi connectivity index (χ1n) is 6.77. The van der Waals surface area contributed by atoms with Crippen LogP contribution in [-0.2, 0) is 0 Å².